The number of nitrogens with one attached hydrogen (secondary N) is 2. The number of methoxy groups -OCH3 is 1. The highest BCUT2D eigenvalue weighted by Crippen LogP contribution is 2.59. The molecule has 0 spiro atoms. The van der Waals surface area contributed by atoms with E-state index in [-0.39, 0.29) is 5.91 Å². The van der Waals surface area contributed by atoms with Crippen molar-refractivity contribution in [1.82, 2.24) is 15.4 Å². The third kappa shape index (κ3) is 4.15. The van der Waals surface area contributed by atoms with Gasteiger partial charge in [0.1, 0.15) is 5.75 Å². The number of nitrogens with zero attached hydrogens (tertiary/aromatic N) is 1. The molecule has 0 unspecified atom stereocenters. The van der Waals surface area contributed by atoms with E-state index in [1.807, 2.05) is 36.5 Å². The van der Waals surface area contributed by atoms with Gasteiger partial charge in [-0.25, -0.2) is 5.48 Å². The van der Waals surface area contributed by atoms with Gasteiger partial charge in [-0.3, -0.25) is 14.8 Å². The molecule has 4 bridgehead atoms. The van der Waals surface area contributed by atoms with Crippen LogP contribution in [0, 0.1) is 23.2 Å². The van der Waals surface area contributed by atoms with E-state index < -0.39 is 5.91 Å². The maximum Gasteiger partial charge on any atom is 0.274 e. The summed E-state index contributed by atoms with van der Waals surface area (Å²) in [5.41, 5.74) is 4.91. The lowest BCUT2D eigenvalue weighted by Crippen LogP contribution is -2.51. The Labute approximate surface area is 210 Å². The predicted molar refractivity (Wildman–Crippen MR) is 136 cm³/mol. The zero-order valence-electron chi connectivity index (χ0n) is 20.6. The van der Waals surface area contributed by atoms with Crippen molar-refractivity contribution in [3.8, 4) is 5.75 Å². The first kappa shape index (κ1) is 23.1. The van der Waals surface area contributed by atoms with E-state index in [4.69, 9.17) is 9.94 Å². The Bertz CT molecular complexity index is 1290. The Hall–Kier alpha value is -3.32. The van der Waals surface area contributed by atoms with E-state index >= 15 is 0 Å². The average molecular weight is 488 g/mol. The van der Waals surface area contributed by atoms with Crippen molar-refractivity contribution in [2.45, 2.75) is 45.1 Å². The molecule has 0 radical (unpaired) electrons. The van der Waals surface area contributed by atoms with Gasteiger partial charge in [-0.2, -0.15) is 0 Å². The quantitative estimate of drug-likeness (QED) is 0.331. The first-order chi connectivity index (χ1) is 17.4. The molecular formula is C29H33N3O4. The fraction of sp³-hybridized carbons (Fsp3) is 0.448. The fourth-order valence-electron chi connectivity index (χ4n) is 7.62. The van der Waals surface area contributed by atoms with Crippen LogP contribution in [-0.2, 0) is 6.54 Å². The summed E-state index contributed by atoms with van der Waals surface area (Å²) in [7, 11) is 1.56. The van der Waals surface area contributed by atoms with Crippen molar-refractivity contribution < 1.29 is 19.5 Å². The van der Waals surface area contributed by atoms with E-state index in [9.17, 15) is 9.59 Å². The molecule has 2 amide bonds. The van der Waals surface area contributed by atoms with Crippen LogP contribution in [0.5, 0.6) is 5.75 Å². The molecule has 4 saturated carbocycles. The van der Waals surface area contributed by atoms with Crippen molar-refractivity contribution in [1.29, 1.82) is 0 Å². The SMILES string of the molecule is COc1cc(C(=O)NO)ccc1Cn1ccc2cc(C(=O)NCC34CC5CC(CC(C5)C3)C4)ccc21. The van der Waals surface area contributed by atoms with E-state index in [1.165, 1.54) is 38.5 Å². The van der Waals surface area contributed by atoms with Crippen LogP contribution in [0.1, 0.15) is 64.8 Å². The molecule has 1 heterocycles. The number of ether oxygens (including phenoxy) is 1. The van der Waals surface area contributed by atoms with Crippen LogP contribution < -0.4 is 15.5 Å². The summed E-state index contributed by atoms with van der Waals surface area (Å²) in [5.74, 6) is 2.64. The highest BCUT2D eigenvalue weighted by atomic mass is 16.5. The molecule has 7 rings (SSSR count). The second kappa shape index (κ2) is 8.96. The van der Waals surface area contributed by atoms with Crippen molar-refractivity contribution in [2.24, 2.45) is 23.2 Å². The summed E-state index contributed by atoms with van der Waals surface area (Å²) >= 11 is 0. The van der Waals surface area contributed by atoms with Gasteiger partial charge in [0.05, 0.1) is 13.7 Å². The minimum absolute atomic E-state index is 0.0137. The van der Waals surface area contributed by atoms with Crippen molar-refractivity contribution in [3.05, 3.63) is 65.4 Å². The zero-order chi connectivity index (χ0) is 24.9. The molecule has 188 valence electrons. The lowest BCUT2D eigenvalue weighted by Gasteiger charge is -2.56. The van der Waals surface area contributed by atoms with Crippen LogP contribution >= 0.6 is 0 Å². The number of carbonyl (C=O) groups excluding carboxylic acids is 2. The van der Waals surface area contributed by atoms with Gasteiger partial charge in [0.2, 0.25) is 0 Å². The van der Waals surface area contributed by atoms with Crippen LogP contribution in [0.15, 0.2) is 48.7 Å². The summed E-state index contributed by atoms with van der Waals surface area (Å²) in [5, 5.41) is 13.2. The predicted octanol–water partition coefficient (Wildman–Crippen LogP) is 4.76. The second-order valence-corrected chi connectivity index (χ2v) is 11.3. The van der Waals surface area contributed by atoms with Crippen LogP contribution in [-0.4, -0.2) is 35.2 Å². The first-order valence-electron chi connectivity index (χ1n) is 12.9. The van der Waals surface area contributed by atoms with Crippen LogP contribution in [0.4, 0.5) is 0 Å². The number of rotatable bonds is 7. The van der Waals surface area contributed by atoms with Crippen LogP contribution in [0.3, 0.4) is 0 Å². The van der Waals surface area contributed by atoms with Crippen LogP contribution in [0.25, 0.3) is 10.9 Å². The molecule has 36 heavy (non-hydrogen) atoms. The molecule has 3 aromatic rings. The first-order valence-corrected chi connectivity index (χ1v) is 12.9. The van der Waals surface area contributed by atoms with Gasteiger partial charge in [-0.05, 0) is 98.1 Å². The molecule has 1 aromatic heterocycles. The van der Waals surface area contributed by atoms with Crippen molar-refractivity contribution in [3.63, 3.8) is 0 Å². The van der Waals surface area contributed by atoms with Gasteiger partial charge in [-0.1, -0.05) is 6.07 Å². The second-order valence-electron chi connectivity index (χ2n) is 11.3. The maximum absolute atomic E-state index is 13.1. The maximum atomic E-state index is 13.1. The molecule has 7 heteroatoms. The molecule has 4 aliphatic carbocycles. The van der Waals surface area contributed by atoms with Gasteiger partial charge < -0.3 is 14.6 Å². The molecule has 2 aromatic carbocycles. The summed E-state index contributed by atoms with van der Waals surface area (Å²) < 4.78 is 7.57. The lowest BCUT2D eigenvalue weighted by molar-refractivity contribution is -0.0503. The minimum atomic E-state index is -0.583. The van der Waals surface area contributed by atoms with Crippen LogP contribution in [0.2, 0.25) is 0 Å². The van der Waals surface area contributed by atoms with E-state index in [0.717, 1.165) is 40.8 Å². The standard InChI is InChI=1S/C29H33N3O4/c1-36-26-12-23(28(34)31-35)2-3-24(26)16-32-7-6-21-11-22(4-5-25(21)32)27(33)30-17-29-13-18-8-19(14-29)10-20(9-18)15-29/h2-7,11-12,18-20,35H,8-10,13-17H2,1H3,(H,30,33)(H,31,34). The third-order valence-electron chi connectivity index (χ3n) is 8.81. The van der Waals surface area contributed by atoms with Crippen molar-refractivity contribution >= 4 is 22.7 Å². The number of hydroxylamine groups is 1. The van der Waals surface area contributed by atoms with E-state index in [1.54, 1.807) is 24.7 Å². The largest absolute Gasteiger partial charge is 0.496 e. The highest BCUT2D eigenvalue weighted by Gasteiger charge is 2.50. The molecule has 7 nitrogen and oxygen atoms in total. The molecular weight excluding hydrogens is 454 g/mol. The smallest absolute Gasteiger partial charge is 0.274 e. The van der Waals surface area contributed by atoms with Gasteiger partial charge in [-0.15, -0.1) is 0 Å². The molecule has 4 aliphatic rings. The Morgan fingerprint density at radius 1 is 0.972 bits per heavy atom. The van der Waals surface area contributed by atoms with E-state index in [0.29, 0.717) is 28.8 Å². The molecule has 4 fully saturated rings. The minimum Gasteiger partial charge on any atom is -0.496 e. The average Bonchev–Trinajstić information content (AvgIpc) is 3.28. The van der Waals surface area contributed by atoms with Gasteiger partial charge in [0, 0.05) is 40.3 Å². The third-order valence-corrected chi connectivity index (χ3v) is 8.81. The summed E-state index contributed by atoms with van der Waals surface area (Å²) in [4.78, 5) is 24.8. The Kier molecular flexibility index (Phi) is 5.75. The summed E-state index contributed by atoms with van der Waals surface area (Å²) in [6.07, 6.45) is 10.1. The number of amides is 2. The number of fused-ring (bicyclic) bond motifs is 1. The molecule has 0 atom stereocenters. The Morgan fingerprint density at radius 2 is 1.64 bits per heavy atom. The van der Waals surface area contributed by atoms with Gasteiger partial charge in [0.15, 0.2) is 0 Å². The zero-order valence-corrected chi connectivity index (χ0v) is 20.6. The van der Waals surface area contributed by atoms with Gasteiger partial charge >= 0.3 is 0 Å². The molecule has 3 N–H and O–H groups in total. The number of carbonyl (C=O) groups is 2. The van der Waals surface area contributed by atoms with Gasteiger partial charge in [0.25, 0.3) is 11.8 Å². The monoisotopic (exact) mass is 487 g/mol. The fourth-order valence-corrected chi connectivity index (χ4v) is 7.62. The topological polar surface area (TPSA) is 92.6 Å². The Balaban J connectivity index is 1.16. The number of hydrogen-bond donors (Lipinski definition) is 3. The number of benzene rings is 2. The Morgan fingerprint density at radius 3 is 2.31 bits per heavy atom. The summed E-state index contributed by atoms with van der Waals surface area (Å²) in [6.45, 7) is 1.35. The number of hydrogen-bond acceptors (Lipinski definition) is 4. The number of aromatic nitrogens is 1. The normalized spacial score (nSPS) is 26.2. The molecule has 0 saturated heterocycles. The summed E-state index contributed by atoms with van der Waals surface area (Å²) in [6, 6.07) is 13.0. The molecule has 0 aliphatic heterocycles. The highest BCUT2D eigenvalue weighted by molar-refractivity contribution is 5.98. The van der Waals surface area contributed by atoms with Crippen molar-refractivity contribution in [2.75, 3.05) is 13.7 Å². The lowest BCUT2D eigenvalue weighted by atomic mass is 9.49. The van der Waals surface area contributed by atoms with E-state index in [2.05, 4.69) is 9.88 Å².